The molecule has 0 bridgehead atoms. The highest BCUT2D eigenvalue weighted by Gasteiger charge is 2.52. The highest BCUT2D eigenvalue weighted by Crippen LogP contribution is 2.38. The minimum absolute atomic E-state index is 0.0316. The van der Waals surface area contributed by atoms with E-state index in [9.17, 15) is 9.18 Å². The van der Waals surface area contributed by atoms with Gasteiger partial charge in [0, 0.05) is 12.1 Å². The average Bonchev–Trinajstić information content (AvgIpc) is 2.94. The molecule has 0 atom stereocenters. The van der Waals surface area contributed by atoms with Crippen LogP contribution in [0.3, 0.4) is 0 Å². The second kappa shape index (κ2) is 9.38. The third-order valence-corrected chi connectivity index (χ3v) is 5.60. The van der Waals surface area contributed by atoms with Gasteiger partial charge in [0.25, 0.3) is 0 Å². The summed E-state index contributed by atoms with van der Waals surface area (Å²) >= 11 is 5.92. The predicted molar refractivity (Wildman–Crippen MR) is 118 cm³/mol. The number of hydrogen-bond donors (Lipinski definition) is 1. The zero-order chi connectivity index (χ0) is 22.6. The maximum Gasteiger partial charge on any atom is 0.492 e. The minimum Gasteiger partial charge on any atom is -0.445 e. The van der Waals surface area contributed by atoms with Gasteiger partial charge in [0.15, 0.2) is 0 Å². The quantitative estimate of drug-likeness (QED) is 0.509. The summed E-state index contributed by atoms with van der Waals surface area (Å²) in [4.78, 5) is 15.9. The molecule has 0 unspecified atom stereocenters. The molecule has 9 heteroatoms. The molecule has 1 fully saturated rings. The van der Waals surface area contributed by atoms with E-state index in [1.54, 1.807) is 6.08 Å². The number of pyridine rings is 1. The number of carbonyl (C=O) groups excluding carboxylic acids is 1. The standard InChI is InChI=1S/C22H25BClFN2O4/c1-21(2)22(3,4)31-23(30-21)17(10-16-11-19(24)26-13-18(16)25)12-27-20(28)29-14-15-8-6-5-7-9-15/h5-11,13H,12,14H2,1-4H3,(H,27,28). The van der Waals surface area contributed by atoms with Gasteiger partial charge in [-0.05, 0) is 44.8 Å². The lowest BCUT2D eigenvalue weighted by atomic mass is 9.77. The first-order valence-electron chi connectivity index (χ1n) is 9.89. The zero-order valence-corrected chi connectivity index (χ0v) is 18.7. The summed E-state index contributed by atoms with van der Waals surface area (Å²) in [6.07, 6.45) is 1.97. The first-order chi connectivity index (χ1) is 14.6. The molecule has 1 aromatic heterocycles. The molecule has 1 aromatic carbocycles. The number of carbonyl (C=O) groups is 1. The van der Waals surface area contributed by atoms with Gasteiger partial charge in [-0.3, -0.25) is 0 Å². The van der Waals surface area contributed by atoms with Crippen molar-refractivity contribution in [2.24, 2.45) is 0 Å². The van der Waals surface area contributed by atoms with Crippen molar-refractivity contribution in [1.29, 1.82) is 0 Å². The Bertz CT molecular complexity index is 953. The van der Waals surface area contributed by atoms with Gasteiger partial charge in [-0.2, -0.15) is 0 Å². The van der Waals surface area contributed by atoms with Crippen molar-refractivity contribution >= 4 is 30.9 Å². The third-order valence-electron chi connectivity index (χ3n) is 5.40. The van der Waals surface area contributed by atoms with Crippen LogP contribution in [0.2, 0.25) is 5.15 Å². The number of nitrogens with one attached hydrogen (secondary N) is 1. The van der Waals surface area contributed by atoms with Gasteiger partial charge in [0.05, 0.1) is 17.4 Å². The Balaban J connectivity index is 1.75. The summed E-state index contributed by atoms with van der Waals surface area (Å²) in [6.45, 7) is 7.82. The Labute approximate surface area is 186 Å². The molecule has 1 aliphatic rings. The van der Waals surface area contributed by atoms with Crippen LogP contribution in [0.5, 0.6) is 0 Å². The molecule has 0 radical (unpaired) electrons. The van der Waals surface area contributed by atoms with E-state index in [0.717, 1.165) is 11.8 Å². The summed E-state index contributed by atoms with van der Waals surface area (Å²) in [5.41, 5.74) is 0.395. The molecule has 1 aliphatic heterocycles. The van der Waals surface area contributed by atoms with Gasteiger partial charge in [-0.25, -0.2) is 14.2 Å². The zero-order valence-electron chi connectivity index (χ0n) is 17.9. The van der Waals surface area contributed by atoms with E-state index in [2.05, 4.69) is 10.3 Å². The second-order valence-electron chi connectivity index (χ2n) is 8.25. The summed E-state index contributed by atoms with van der Waals surface area (Å²) in [5, 5.41) is 2.83. The third kappa shape index (κ3) is 5.84. The summed E-state index contributed by atoms with van der Waals surface area (Å²) in [6, 6.07) is 10.7. The van der Waals surface area contributed by atoms with E-state index in [1.165, 1.54) is 6.07 Å². The average molecular weight is 447 g/mol. The maximum absolute atomic E-state index is 14.3. The molecule has 1 saturated heterocycles. The Morgan fingerprint density at radius 1 is 1.23 bits per heavy atom. The first kappa shape index (κ1) is 23.3. The number of hydrogen-bond acceptors (Lipinski definition) is 5. The number of aromatic nitrogens is 1. The van der Waals surface area contributed by atoms with Crippen LogP contribution in [0.15, 0.2) is 48.1 Å². The number of rotatable bonds is 6. The lowest BCUT2D eigenvalue weighted by molar-refractivity contribution is 0.00578. The molecule has 3 rings (SSSR count). The smallest absolute Gasteiger partial charge is 0.445 e. The normalized spacial score (nSPS) is 17.5. The fraction of sp³-hybridized carbons (Fsp3) is 0.364. The van der Waals surface area contributed by atoms with Crippen molar-refractivity contribution in [3.8, 4) is 0 Å². The van der Waals surface area contributed by atoms with Gasteiger partial charge in [0.2, 0.25) is 0 Å². The van der Waals surface area contributed by atoms with Gasteiger partial charge in [-0.1, -0.05) is 48.0 Å². The molecular weight excluding hydrogens is 422 g/mol. The van der Waals surface area contributed by atoms with Crippen LogP contribution in [0, 0.1) is 5.82 Å². The van der Waals surface area contributed by atoms with Crippen molar-refractivity contribution in [2.75, 3.05) is 6.54 Å². The Kier molecular flexibility index (Phi) is 7.04. The van der Waals surface area contributed by atoms with Gasteiger partial charge < -0.3 is 19.4 Å². The molecule has 1 amide bonds. The first-order valence-corrected chi connectivity index (χ1v) is 10.3. The highest BCUT2D eigenvalue weighted by molar-refractivity contribution is 6.56. The lowest BCUT2D eigenvalue weighted by Crippen LogP contribution is -2.41. The van der Waals surface area contributed by atoms with Gasteiger partial charge in [-0.15, -0.1) is 0 Å². The Hall–Kier alpha value is -2.42. The summed E-state index contributed by atoms with van der Waals surface area (Å²) in [7, 11) is -0.786. The number of halogens is 2. The molecule has 2 heterocycles. The molecular formula is C22H25BClFN2O4. The van der Waals surface area contributed by atoms with E-state index in [4.69, 9.17) is 25.6 Å². The fourth-order valence-electron chi connectivity index (χ4n) is 2.88. The largest absolute Gasteiger partial charge is 0.492 e. The predicted octanol–water partition coefficient (Wildman–Crippen LogP) is 4.82. The summed E-state index contributed by atoms with van der Waals surface area (Å²) in [5.74, 6) is -0.551. The number of benzene rings is 1. The van der Waals surface area contributed by atoms with Crippen LogP contribution >= 0.6 is 11.6 Å². The van der Waals surface area contributed by atoms with E-state index in [-0.39, 0.29) is 23.9 Å². The van der Waals surface area contributed by atoms with Crippen molar-refractivity contribution in [1.82, 2.24) is 10.3 Å². The number of amides is 1. The maximum atomic E-state index is 14.3. The van der Waals surface area contributed by atoms with Crippen LogP contribution in [0.4, 0.5) is 9.18 Å². The number of nitrogens with zero attached hydrogens (tertiary/aromatic N) is 1. The van der Waals surface area contributed by atoms with Gasteiger partial charge in [0.1, 0.15) is 17.6 Å². The summed E-state index contributed by atoms with van der Waals surface area (Å²) < 4.78 is 31.7. The van der Waals surface area contributed by atoms with Crippen LogP contribution in [-0.4, -0.2) is 35.9 Å². The molecule has 0 saturated carbocycles. The molecule has 6 nitrogen and oxygen atoms in total. The molecule has 31 heavy (non-hydrogen) atoms. The SMILES string of the molecule is CC1(C)OB(C(=Cc2cc(Cl)ncc2F)CNC(=O)OCc2ccccc2)OC1(C)C. The van der Waals surface area contributed by atoms with E-state index in [1.807, 2.05) is 58.0 Å². The Morgan fingerprint density at radius 2 is 1.87 bits per heavy atom. The van der Waals surface area contributed by atoms with E-state index < -0.39 is 30.2 Å². The van der Waals surface area contributed by atoms with Crippen LogP contribution in [0.25, 0.3) is 6.08 Å². The number of ether oxygens (including phenoxy) is 1. The molecule has 0 spiro atoms. The fourth-order valence-corrected chi connectivity index (χ4v) is 3.05. The molecule has 2 aromatic rings. The topological polar surface area (TPSA) is 69.7 Å². The van der Waals surface area contributed by atoms with Crippen LogP contribution in [0.1, 0.15) is 38.8 Å². The second-order valence-corrected chi connectivity index (χ2v) is 8.64. The molecule has 164 valence electrons. The van der Waals surface area contributed by atoms with E-state index in [0.29, 0.717) is 5.47 Å². The minimum atomic E-state index is -0.786. The van der Waals surface area contributed by atoms with Crippen molar-refractivity contribution in [3.63, 3.8) is 0 Å². The van der Waals surface area contributed by atoms with Crippen molar-refractivity contribution in [3.05, 3.63) is 70.2 Å². The number of alkyl carbamates (subject to hydrolysis) is 1. The monoisotopic (exact) mass is 446 g/mol. The highest BCUT2D eigenvalue weighted by atomic mass is 35.5. The van der Waals surface area contributed by atoms with Crippen LogP contribution in [-0.2, 0) is 20.7 Å². The lowest BCUT2D eigenvalue weighted by Gasteiger charge is -2.32. The van der Waals surface area contributed by atoms with Gasteiger partial charge >= 0.3 is 13.2 Å². The van der Waals surface area contributed by atoms with E-state index >= 15 is 0 Å². The molecule has 1 N–H and O–H groups in total. The van der Waals surface area contributed by atoms with Crippen molar-refractivity contribution < 1.29 is 23.2 Å². The van der Waals surface area contributed by atoms with Crippen molar-refractivity contribution in [2.45, 2.75) is 45.5 Å². The Morgan fingerprint density at radius 3 is 2.52 bits per heavy atom. The van der Waals surface area contributed by atoms with Crippen LogP contribution < -0.4 is 5.32 Å². The molecule has 0 aliphatic carbocycles.